The van der Waals surface area contributed by atoms with Crippen LogP contribution in [-0.4, -0.2) is 30.1 Å². The Hall–Kier alpha value is -3.78. The molecule has 0 aliphatic heterocycles. The maximum Gasteiger partial charge on any atom is 0.255 e. The van der Waals surface area contributed by atoms with Gasteiger partial charge in [0.2, 0.25) is 5.91 Å². The first-order valence-electron chi connectivity index (χ1n) is 9.79. The number of carbonyl (C=O) groups is 3. The first-order valence-corrected chi connectivity index (χ1v) is 10.7. The van der Waals surface area contributed by atoms with Crippen molar-refractivity contribution in [3.63, 3.8) is 0 Å². The van der Waals surface area contributed by atoms with Crippen LogP contribution in [0.25, 0.3) is 0 Å². The van der Waals surface area contributed by atoms with Crippen LogP contribution in [0.5, 0.6) is 5.75 Å². The van der Waals surface area contributed by atoms with E-state index in [9.17, 15) is 14.4 Å². The van der Waals surface area contributed by atoms with Gasteiger partial charge in [0, 0.05) is 16.1 Å². The number of benzene rings is 3. The first-order chi connectivity index (χ1) is 15.4. The van der Waals surface area contributed by atoms with E-state index in [-0.39, 0.29) is 17.4 Å². The van der Waals surface area contributed by atoms with E-state index < -0.39 is 11.2 Å². The maximum atomic E-state index is 12.6. The van der Waals surface area contributed by atoms with Crippen molar-refractivity contribution in [2.75, 3.05) is 17.7 Å². The third kappa shape index (κ3) is 5.89. The number of hydrogen-bond acceptors (Lipinski definition) is 5. The van der Waals surface area contributed by atoms with Crippen LogP contribution in [0.15, 0.2) is 77.7 Å². The lowest BCUT2D eigenvalue weighted by atomic mass is 10.1. The minimum atomic E-state index is -0.610. The molecule has 0 aliphatic carbocycles. The van der Waals surface area contributed by atoms with Gasteiger partial charge >= 0.3 is 0 Å². The number of anilines is 2. The van der Waals surface area contributed by atoms with Gasteiger partial charge in [0.15, 0.2) is 0 Å². The highest BCUT2D eigenvalue weighted by molar-refractivity contribution is 8.00. The summed E-state index contributed by atoms with van der Waals surface area (Å²) in [6, 6.07) is 20.6. The summed E-state index contributed by atoms with van der Waals surface area (Å²) >= 11 is 1.33. The molecule has 8 heteroatoms. The first kappa shape index (κ1) is 22.9. The second-order valence-electron chi connectivity index (χ2n) is 6.87. The predicted octanol–water partition coefficient (Wildman–Crippen LogP) is 4.17. The number of para-hydroxylation sites is 1. The molecule has 0 aliphatic rings. The highest BCUT2D eigenvalue weighted by atomic mass is 32.2. The average Bonchev–Trinajstić information content (AvgIpc) is 2.79. The zero-order valence-corrected chi connectivity index (χ0v) is 18.4. The molecule has 0 saturated heterocycles. The third-order valence-electron chi connectivity index (χ3n) is 4.58. The van der Waals surface area contributed by atoms with Gasteiger partial charge in [-0.2, -0.15) is 0 Å². The largest absolute Gasteiger partial charge is 0.497 e. The zero-order valence-electron chi connectivity index (χ0n) is 17.6. The van der Waals surface area contributed by atoms with Crippen molar-refractivity contribution in [2.45, 2.75) is 17.1 Å². The summed E-state index contributed by atoms with van der Waals surface area (Å²) in [5, 5.41) is 5.15. The molecule has 0 heterocycles. The number of nitrogens with two attached hydrogens (primary N) is 1. The molecule has 4 N–H and O–H groups in total. The van der Waals surface area contributed by atoms with Crippen LogP contribution < -0.4 is 21.1 Å². The number of primary amides is 1. The Morgan fingerprint density at radius 2 is 1.66 bits per heavy atom. The summed E-state index contributed by atoms with van der Waals surface area (Å²) in [6.45, 7) is 1.76. The maximum absolute atomic E-state index is 12.6. The van der Waals surface area contributed by atoms with Gasteiger partial charge in [-0.15, -0.1) is 11.8 Å². The van der Waals surface area contributed by atoms with Gasteiger partial charge in [0.25, 0.3) is 11.8 Å². The molecule has 0 spiro atoms. The van der Waals surface area contributed by atoms with Crippen molar-refractivity contribution in [1.82, 2.24) is 0 Å². The predicted molar refractivity (Wildman–Crippen MR) is 126 cm³/mol. The smallest absolute Gasteiger partial charge is 0.255 e. The van der Waals surface area contributed by atoms with Gasteiger partial charge in [-0.3, -0.25) is 14.4 Å². The number of methoxy groups -OCH3 is 1. The van der Waals surface area contributed by atoms with E-state index in [2.05, 4.69) is 10.6 Å². The van der Waals surface area contributed by atoms with Crippen molar-refractivity contribution >= 4 is 40.9 Å². The molecule has 3 aromatic carbocycles. The topological polar surface area (TPSA) is 111 Å². The molecule has 0 fully saturated rings. The third-order valence-corrected chi connectivity index (χ3v) is 5.67. The fourth-order valence-electron chi connectivity index (χ4n) is 2.89. The van der Waals surface area contributed by atoms with Crippen LogP contribution in [0.1, 0.15) is 27.6 Å². The number of amides is 3. The van der Waals surface area contributed by atoms with Crippen LogP contribution >= 0.6 is 11.8 Å². The second-order valence-corrected chi connectivity index (χ2v) is 8.28. The highest BCUT2D eigenvalue weighted by Crippen LogP contribution is 2.27. The molecular formula is C24H23N3O4S. The summed E-state index contributed by atoms with van der Waals surface area (Å²) < 4.78 is 5.10. The van der Waals surface area contributed by atoms with Crippen molar-refractivity contribution in [3.05, 3.63) is 83.9 Å². The van der Waals surface area contributed by atoms with Crippen LogP contribution in [0.2, 0.25) is 0 Å². The van der Waals surface area contributed by atoms with Gasteiger partial charge in [0.1, 0.15) is 5.75 Å². The van der Waals surface area contributed by atoms with E-state index in [1.165, 1.54) is 11.8 Å². The standard InChI is InChI=1S/C24H23N3O4S/c1-15(23(29)27-21-9-4-3-8-20(21)22(25)28)32-19-7-5-6-17(14-19)26-24(30)16-10-12-18(31-2)13-11-16/h3-15H,1-2H3,(H2,25,28)(H,26,30)(H,27,29). The van der Waals surface area contributed by atoms with Crippen LogP contribution in [0.3, 0.4) is 0 Å². The van der Waals surface area contributed by atoms with E-state index in [0.717, 1.165) is 4.90 Å². The molecule has 3 amide bonds. The molecule has 164 valence electrons. The summed E-state index contributed by atoms with van der Waals surface area (Å²) in [4.78, 5) is 37.5. The minimum absolute atomic E-state index is 0.247. The normalized spacial score (nSPS) is 11.3. The lowest BCUT2D eigenvalue weighted by Gasteiger charge is -2.14. The van der Waals surface area contributed by atoms with Crippen LogP contribution in [-0.2, 0) is 4.79 Å². The number of hydrogen-bond donors (Lipinski definition) is 3. The lowest BCUT2D eigenvalue weighted by Crippen LogP contribution is -2.24. The molecule has 1 unspecified atom stereocenters. The van der Waals surface area contributed by atoms with E-state index in [1.807, 2.05) is 6.07 Å². The molecule has 3 aromatic rings. The Kier molecular flexibility index (Phi) is 7.51. The number of ether oxygens (including phenoxy) is 1. The Morgan fingerprint density at radius 1 is 0.938 bits per heavy atom. The van der Waals surface area contributed by atoms with Crippen molar-refractivity contribution in [3.8, 4) is 5.75 Å². The number of thioether (sulfide) groups is 1. The molecule has 0 aromatic heterocycles. The molecule has 0 radical (unpaired) electrons. The molecular weight excluding hydrogens is 426 g/mol. The number of carbonyl (C=O) groups excluding carboxylic acids is 3. The molecule has 3 rings (SSSR count). The second kappa shape index (κ2) is 10.5. The number of rotatable bonds is 8. The quantitative estimate of drug-likeness (QED) is 0.447. The van der Waals surface area contributed by atoms with Gasteiger partial charge in [-0.25, -0.2) is 0 Å². The Labute approximate surface area is 190 Å². The van der Waals surface area contributed by atoms with E-state index in [1.54, 1.807) is 80.8 Å². The molecule has 7 nitrogen and oxygen atoms in total. The summed E-state index contributed by atoms with van der Waals surface area (Å²) in [6.07, 6.45) is 0. The summed E-state index contributed by atoms with van der Waals surface area (Å²) in [5.41, 5.74) is 7.11. The van der Waals surface area contributed by atoms with Crippen molar-refractivity contribution in [2.24, 2.45) is 5.73 Å². The van der Waals surface area contributed by atoms with Crippen LogP contribution in [0, 0.1) is 0 Å². The van der Waals surface area contributed by atoms with E-state index in [0.29, 0.717) is 22.7 Å². The number of nitrogens with one attached hydrogen (secondary N) is 2. The summed E-state index contributed by atoms with van der Waals surface area (Å²) in [5.74, 6) is -0.452. The molecule has 32 heavy (non-hydrogen) atoms. The minimum Gasteiger partial charge on any atom is -0.497 e. The van der Waals surface area contributed by atoms with E-state index in [4.69, 9.17) is 10.5 Å². The van der Waals surface area contributed by atoms with E-state index >= 15 is 0 Å². The molecule has 0 saturated carbocycles. The SMILES string of the molecule is COc1ccc(C(=O)Nc2cccc(SC(C)C(=O)Nc3ccccc3C(N)=O)c2)cc1. The summed E-state index contributed by atoms with van der Waals surface area (Å²) in [7, 11) is 1.57. The molecule has 1 atom stereocenters. The zero-order chi connectivity index (χ0) is 23.1. The fourth-order valence-corrected chi connectivity index (χ4v) is 3.82. The average molecular weight is 450 g/mol. The van der Waals surface area contributed by atoms with Crippen molar-refractivity contribution in [1.29, 1.82) is 0 Å². The monoisotopic (exact) mass is 449 g/mol. The van der Waals surface area contributed by atoms with Crippen molar-refractivity contribution < 1.29 is 19.1 Å². The van der Waals surface area contributed by atoms with Gasteiger partial charge < -0.3 is 21.1 Å². The Balaban J connectivity index is 1.64. The Bertz CT molecular complexity index is 1130. The lowest BCUT2D eigenvalue weighted by molar-refractivity contribution is -0.115. The van der Waals surface area contributed by atoms with Crippen LogP contribution in [0.4, 0.5) is 11.4 Å². The fraction of sp³-hybridized carbons (Fsp3) is 0.125. The van der Waals surface area contributed by atoms with Gasteiger partial charge in [0.05, 0.1) is 23.6 Å². The molecule has 0 bridgehead atoms. The van der Waals surface area contributed by atoms with Gasteiger partial charge in [-0.1, -0.05) is 18.2 Å². The van der Waals surface area contributed by atoms with Gasteiger partial charge in [-0.05, 0) is 61.5 Å². The Morgan fingerprint density at radius 3 is 2.34 bits per heavy atom. The highest BCUT2D eigenvalue weighted by Gasteiger charge is 2.17.